The monoisotopic (exact) mass is 430 g/mol. The van der Waals surface area contributed by atoms with E-state index in [2.05, 4.69) is 52.8 Å². The van der Waals surface area contributed by atoms with Crippen molar-refractivity contribution in [1.29, 1.82) is 0 Å². The summed E-state index contributed by atoms with van der Waals surface area (Å²) >= 11 is 0. The molecule has 5 unspecified atom stereocenters. The number of carbonyl (C=O) groups is 1. The summed E-state index contributed by atoms with van der Waals surface area (Å²) in [6.45, 7) is 13.2. The van der Waals surface area contributed by atoms with Crippen molar-refractivity contribution in [2.45, 2.75) is 117 Å². The third kappa shape index (κ3) is 8.25. The van der Waals surface area contributed by atoms with Crippen molar-refractivity contribution in [3.8, 4) is 0 Å². The predicted octanol–water partition coefficient (Wildman–Crippen LogP) is 7.87. The molecular weight excluding hydrogens is 384 g/mol. The maximum absolute atomic E-state index is 10.9. The van der Waals surface area contributed by atoms with E-state index in [-0.39, 0.29) is 11.5 Å². The Hall–Kier alpha value is -1.35. The van der Waals surface area contributed by atoms with Gasteiger partial charge in [0.2, 0.25) is 0 Å². The van der Waals surface area contributed by atoms with Gasteiger partial charge in [0.25, 0.3) is 0 Å². The van der Waals surface area contributed by atoms with Gasteiger partial charge in [-0.1, -0.05) is 50.1 Å². The van der Waals surface area contributed by atoms with E-state index in [1.165, 1.54) is 24.0 Å². The molecule has 1 heterocycles. The van der Waals surface area contributed by atoms with Crippen molar-refractivity contribution in [2.24, 2.45) is 17.8 Å². The van der Waals surface area contributed by atoms with Crippen LogP contribution in [0.2, 0.25) is 0 Å². The minimum atomic E-state index is -0.686. The Bertz CT molecular complexity index is 686. The number of ether oxygens (including phenoxy) is 1. The molecule has 0 aromatic rings. The second-order valence-electron chi connectivity index (χ2n) is 10.6. The van der Waals surface area contributed by atoms with Crippen LogP contribution in [0.3, 0.4) is 0 Å². The summed E-state index contributed by atoms with van der Waals surface area (Å²) in [5, 5.41) is 8.96. The summed E-state index contributed by atoms with van der Waals surface area (Å²) in [5.41, 5.74) is 4.40. The minimum Gasteiger partial charge on any atom is -0.481 e. The standard InChI is InChI=1S/C28H46O3/c1-20(12-8-14-23(4)27(29)30)10-7-11-21(2)13-9-18-28(6)19-17-25-16-15-22(3)24(5)26(25)31-28/h10,13,16,22-24,26H,7-9,11-12,14-15,17-19H2,1-6H3,(H,29,30). The minimum absolute atomic E-state index is 0.00763. The maximum atomic E-state index is 10.9. The molecule has 0 spiro atoms. The fourth-order valence-corrected chi connectivity index (χ4v) is 4.87. The molecule has 2 rings (SSSR count). The second-order valence-corrected chi connectivity index (χ2v) is 10.6. The topological polar surface area (TPSA) is 46.5 Å². The lowest BCUT2D eigenvalue weighted by Gasteiger charge is -2.46. The lowest BCUT2D eigenvalue weighted by atomic mass is 9.74. The maximum Gasteiger partial charge on any atom is 0.306 e. The van der Waals surface area contributed by atoms with Crippen LogP contribution in [-0.4, -0.2) is 22.8 Å². The van der Waals surface area contributed by atoms with Crippen molar-refractivity contribution in [3.63, 3.8) is 0 Å². The Kier molecular flexibility index (Phi) is 10.1. The van der Waals surface area contributed by atoms with Gasteiger partial charge in [0.05, 0.1) is 17.6 Å². The van der Waals surface area contributed by atoms with Crippen molar-refractivity contribution in [1.82, 2.24) is 0 Å². The van der Waals surface area contributed by atoms with Crippen LogP contribution in [0.4, 0.5) is 0 Å². The molecule has 0 aromatic carbocycles. The van der Waals surface area contributed by atoms with Crippen molar-refractivity contribution >= 4 is 5.97 Å². The van der Waals surface area contributed by atoms with Gasteiger partial charge in [0.15, 0.2) is 0 Å². The fourth-order valence-electron chi connectivity index (χ4n) is 4.87. The van der Waals surface area contributed by atoms with E-state index in [1.807, 2.05) is 0 Å². The van der Waals surface area contributed by atoms with Gasteiger partial charge >= 0.3 is 5.97 Å². The Morgan fingerprint density at radius 3 is 2.61 bits per heavy atom. The van der Waals surface area contributed by atoms with Crippen LogP contribution >= 0.6 is 0 Å². The molecule has 31 heavy (non-hydrogen) atoms. The van der Waals surface area contributed by atoms with Crippen molar-refractivity contribution in [3.05, 3.63) is 34.9 Å². The first-order valence-electron chi connectivity index (χ1n) is 12.5. The Morgan fingerprint density at radius 1 is 1.23 bits per heavy atom. The van der Waals surface area contributed by atoms with Crippen LogP contribution in [0.1, 0.15) is 106 Å². The molecule has 1 fully saturated rings. The SMILES string of the molecule is CC(=CCCC1(C)CCC2=CCC(C)C(C)C2O1)CCC=C(C)CCCC(C)C(=O)O. The van der Waals surface area contributed by atoms with Gasteiger partial charge in [0.1, 0.15) is 0 Å². The molecule has 2 aliphatic rings. The highest BCUT2D eigenvalue weighted by molar-refractivity contribution is 5.69. The zero-order valence-corrected chi connectivity index (χ0v) is 20.9. The molecule has 0 radical (unpaired) electrons. The summed E-state index contributed by atoms with van der Waals surface area (Å²) < 4.78 is 6.68. The first-order chi connectivity index (χ1) is 14.6. The highest BCUT2D eigenvalue weighted by atomic mass is 16.5. The first-order valence-corrected chi connectivity index (χ1v) is 12.5. The number of hydrogen-bond acceptors (Lipinski definition) is 2. The molecule has 176 valence electrons. The molecule has 5 atom stereocenters. The van der Waals surface area contributed by atoms with E-state index < -0.39 is 5.97 Å². The van der Waals surface area contributed by atoms with Gasteiger partial charge in [-0.15, -0.1) is 0 Å². The number of aliphatic carboxylic acids is 1. The van der Waals surface area contributed by atoms with E-state index in [1.54, 1.807) is 12.5 Å². The van der Waals surface area contributed by atoms with Gasteiger partial charge in [-0.25, -0.2) is 0 Å². The predicted molar refractivity (Wildman–Crippen MR) is 130 cm³/mol. The summed E-state index contributed by atoms with van der Waals surface area (Å²) in [5.74, 6) is 0.421. The van der Waals surface area contributed by atoms with E-state index in [9.17, 15) is 4.79 Å². The van der Waals surface area contributed by atoms with E-state index in [0.717, 1.165) is 57.3 Å². The molecule has 0 saturated carbocycles. The molecule has 3 heteroatoms. The van der Waals surface area contributed by atoms with Crippen LogP contribution < -0.4 is 0 Å². The third-order valence-corrected chi connectivity index (χ3v) is 7.67. The third-order valence-electron chi connectivity index (χ3n) is 7.67. The summed E-state index contributed by atoms with van der Waals surface area (Å²) in [6.07, 6.45) is 18.2. The smallest absolute Gasteiger partial charge is 0.306 e. The Balaban J connectivity index is 1.70. The number of carboxylic acid groups (broad SMARTS) is 1. The molecule has 0 amide bonds. The van der Waals surface area contributed by atoms with Crippen molar-refractivity contribution in [2.75, 3.05) is 0 Å². The quantitative estimate of drug-likeness (QED) is 0.339. The lowest BCUT2D eigenvalue weighted by Crippen LogP contribution is -2.44. The molecule has 1 aliphatic heterocycles. The Morgan fingerprint density at radius 2 is 1.90 bits per heavy atom. The van der Waals surface area contributed by atoms with Gasteiger partial charge in [-0.05, 0) is 102 Å². The number of fused-ring (bicyclic) bond motifs is 1. The number of rotatable bonds is 11. The van der Waals surface area contributed by atoms with Gasteiger partial charge in [-0.3, -0.25) is 4.79 Å². The molecule has 0 bridgehead atoms. The average Bonchev–Trinajstić information content (AvgIpc) is 2.71. The zero-order chi connectivity index (χ0) is 23.0. The van der Waals surface area contributed by atoms with Crippen LogP contribution in [0.15, 0.2) is 34.9 Å². The molecule has 3 nitrogen and oxygen atoms in total. The molecule has 1 aliphatic carbocycles. The largest absolute Gasteiger partial charge is 0.481 e. The number of carboxylic acids is 1. The second kappa shape index (κ2) is 12.0. The normalized spacial score (nSPS) is 30.5. The molecule has 1 saturated heterocycles. The lowest BCUT2D eigenvalue weighted by molar-refractivity contribution is -0.141. The van der Waals surface area contributed by atoms with Crippen molar-refractivity contribution < 1.29 is 14.6 Å². The van der Waals surface area contributed by atoms with Gasteiger partial charge < -0.3 is 9.84 Å². The van der Waals surface area contributed by atoms with Crippen LogP contribution in [0.25, 0.3) is 0 Å². The zero-order valence-electron chi connectivity index (χ0n) is 20.9. The number of hydrogen-bond donors (Lipinski definition) is 1. The Labute approximate surface area is 191 Å². The van der Waals surface area contributed by atoms with Crippen LogP contribution in [0, 0.1) is 17.8 Å². The average molecular weight is 431 g/mol. The van der Waals surface area contributed by atoms with Crippen LogP contribution in [0.5, 0.6) is 0 Å². The molecule has 0 aromatic heterocycles. The van der Waals surface area contributed by atoms with E-state index in [4.69, 9.17) is 9.84 Å². The first kappa shape index (κ1) is 25.9. The highest BCUT2D eigenvalue weighted by Crippen LogP contribution is 2.43. The molecular formula is C28H46O3. The van der Waals surface area contributed by atoms with Gasteiger partial charge in [0, 0.05) is 0 Å². The fraction of sp³-hybridized carbons (Fsp3) is 0.750. The summed E-state index contributed by atoms with van der Waals surface area (Å²) in [4.78, 5) is 10.9. The van der Waals surface area contributed by atoms with E-state index >= 15 is 0 Å². The summed E-state index contributed by atoms with van der Waals surface area (Å²) in [6, 6.07) is 0. The number of allylic oxidation sites excluding steroid dienone is 5. The van der Waals surface area contributed by atoms with Gasteiger partial charge in [-0.2, -0.15) is 0 Å². The van der Waals surface area contributed by atoms with E-state index in [0.29, 0.717) is 12.0 Å². The highest BCUT2D eigenvalue weighted by Gasteiger charge is 2.40. The molecule has 1 N–H and O–H groups in total. The summed E-state index contributed by atoms with van der Waals surface area (Å²) in [7, 11) is 0. The van der Waals surface area contributed by atoms with Crippen LogP contribution in [-0.2, 0) is 9.53 Å².